The Hall–Kier alpha value is -2.34. The molecule has 0 heterocycles. The van der Waals surface area contributed by atoms with Gasteiger partial charge in [-0.05, 0) is 48.9 Å². The second-order valence-corrected chi connectivity index (χ2v) is 5.82. The lowest BCUT2D eigenvalue weighted by Crippen LogP contribution is -1.76. The van der Waals surface area contributed by atoms with Crippen molar-refractivity contribution >= 4 is 12.2 Å². The van der Waals surface area contributed by atoms with Crippen molar-refractivity contribution in [2.24, 2.45) is 0 Å². The minimum Gasteiger partial charge on any atom is -0.100 e. The smallest absolute Gasteiger partial charge is 0.00882 e. The number of hydrogen-bond acceptors (Lipinski definition) is 0. The highest BCUT2D eigenvalue weighted by Gasteiger charge is 2.00. The van der Waals surface area contributed by atoms with Gasteiger partial charge in [0, 0.05) is 0 Å². The molecule has 112 valence electrons. The van der Waals surface area contributed by atoms with Crippen LogP contribution in [0.15, 0.2) is 72.8 Å². The fourth-order valence-corrected chi connectivity index (χ4v) is 2.39. The molecule has 0 amide bonds. The summed E-state index contributed by atoms with van der Waals surface area (Å²) in [4.78, 5) is 0. The molecule has 0 heteroatoms. The molecule has 0 saturated carbocycles. The Morgan fingerprint density at radius 1 is 0.727 bits per heavy atom. The van der Waals surface area contributed by atoms with Crippen LogP contribution in [-0.2, 0) is 12.8 Å². The van der Waals surface area contributed by atoms with E-state index in [0.29, 0.717) is 0 Å². The van der Waals surface area contributed by atoms with Crippen molar-refractivity contribution in [3.63, 3.8) is 0 Å². The van der Waals surface area contributed by atoms with Crippen LogP contribution in [0.5, 0.6) is 0 Å². The van der Waals surface area contributed by atoms with Crippen molar-refractivity contribution in [1.29, 1.82) is 0 Å². The first kappa shape index (κ1) is 16.0. The first-order valence-corrected chi connectivity index (χ1v) is 7.78. The van der Waals surface area contributed by atoms with Crippen molar-refractivity contribution in [1.82, 2.24) is 0 Å². The molecule has 22 heavy (non-hydrogen) atoms. The zero-order chi connectivity index (χ0) is 15.8. The van der Waals surface area contributed by atoms with E-state index in [2.05, 4.69) is 79.4 Å². The summed E-state index contributed by atoms with van der Waals surface area (Å²) in [7, 11) is 0. The molecule has 0 radical (unpaired) electrons. The van der Waals surface area contributed by atoms with Crippen LogP contribution in [-0.4, -0.2) is 0 Å². The van der Waals surface area contributed by atoms with Crippen molar-refractivity contribution in [2.75, 3.05) is 0 Å². The van der Waals surface area contributed by atoms with Gasteiger partial charge in [0.1, 0.15) is 0 Å². The fraction of sp³-hybridized carbons (Fsp3) is 0.182. The summed E-state index contributed by atoms with van der Waals surface area (Å²) in [6.07, 6.45) is 11.0. The first-order chi connectivity index (χ1) is 10.7. The highest BCUT2D eigenvalue weighted by atomic mass is 14.1. The minimum absolute atomic E-state index is 1.12. The van der Waals surface area contributed by atoms with Crippen LogP contribution in [0.3, 0.4) is 0 Å². The van der Waals surface area contributed by atoms with Gasteiger partial charge < -0.3 is 0 Å². The van der Waals surface area contributed by atoms with Gasteiger partial charge in [-0.2, -0.15) is 0 Å². The molecular formula is C22H24. The van der Waals surface area contributed by atoms with E-state index in [1.54, 1.807) is 0 Å². The molecule has 0 aromatic heterocycles. The second-order valence-electron chi connectivity index (χ2n) is 5.82. The van der Waals surface area contributed by atoms with E-state index in [-0.39, 0.29) is 0 Å². The third-order valence-electron chi connectivity index (χ3n) is 3.38. The van der Waals surface area contributed by atoms with Gasteiger partial charge in [-0.3, -0.25) is 0 Å². The average Bonchev–Trinajstić information content (AvgIpc) is 3.16. The molecule has 2 aliphatic rings. The maximum absolute atomic E-state index is 3.56. The Morgan fingerprint density at radius 3 is 1.45 bits per heavy atom. The molecule has 0 nitrogen and oxygen atoms in total. The quantitative estimate of drug-likeness (QED) is 0.514. The lowest BCUT2D eigenvalue weighted by atomic mass is 10.1. The Kier molecular flexibility index (Phi) is 5.97. The predicted molar refractivity (Wildman–Crippen MR) is 98.8 cm³/mol. The van der Waals surface area contributed by atoms with Gasteiger partial charge in [-0.25, -0.2) is 0 Å². The Labute approximate surface area is 134 Å². The number of allylic oxidation sites excluding steroid dienone is 3. The third kappa shape index (κ3) is 4.89. The van der Waals surface area contributed by atoms with E-state index in [9.17, 15) is 0 Å². The van der Waals surface area contributed by atoms with Crippen molar-refractivity contribution in [3.05, 3.63) is 95.1 Å². The first-order valence-electron chi connectivity index (χ1n) is 7.78. The lowest BCUT2D eigenvalue weighted by molar-refractivity contribution is 1.31. The van der Waals surface area contributed by atoms with Gasteiger partial charge in [0.05, 0.1) is 0 Å². The zero-order valence-corrected chi connectivity index (χ0v) is 13.5. The molecule has 2 aliphatic carbocycles. The summed E-state index contributed by atoms with van der Waals surface area (Å²) < 4.78 is 0. The largest absolute Gasteiger partial charge is 0.100 e. The van der Waals surface area contributed by atoms with Crippen LogP contribution in [0.2, 0.25) is 0 Å². The number of rotatable bonds is 0. The average molecular weight is 288 g/mol. The zero-order valence-electron chi connectivity index (χ0n) is 13.5. The summed E-state index contributed by atoms with van der Waals surface area (Å²) in [5, 5.41) is 0. The number of fused-ring (bicyclic) bond motifs is 2. The number of hydrogen-bond donors (Lipinski definition) is 0. The minimum atomic E-state index is 1.12. The summed E-state index contributed by atoms with van der Waals surface area (Å²) in [5.74, 6) is 0. The molecule has 2 aromatic carbocycles. The maximum atomic E-state index is 3.56. The van der Waals surface area contributed by atoms with Crippen molar-refractivity contribution in [3.8, 4) is 0 Å². The molecule has 0 N–H and O–H groups in total. The van der Waals surface area contributed by atoms with Crippen molar-refractivity contribution < 1.29 is 0 Å². The predicted octanol–water partition coefficient (Wildman–Crippen LogP) is 6.09. The van der Waals surface area contributed by atoms with Crippen molar-refractivity contribution in [2.45, 2.75) is 26.7 Å². The van der Waals surface area contributed by atoms with E-state index in [1.807, 2.05) is 13.8 Å². The summed E-state index contributed by atoms with van der Waals surface area (Å²) in [6, 6.07) is 17.0. The molecular weight excluding hydrogens is 264 g/mol. The van der Waals surface area contributed by atoms with E-state index in [4.69, 9.17) is 0 Å². The summed E-state index contributed by atoms with van der Waals surface area (Å²) in [5.41, 5.74) is 6.85. The standard InChI is InChI=1S/2C9H8.C4H8/c2*1-2-5-9-7-3-6-8(9)4-1;1-4(2)3/h2*1-6H,7H2;1H2,2-3H3. The van der Waals surface area contributed by atoms with Crippen LogP contribution in [0, 0.1) is 0 Å². The molecule has 0 spiro atoms. The topological polar surface area (TPSA) is 0 Å². The Bertz CT molecular complexity index is 627. The highest BCUT2D eigenvalue weighted by Crippen LogP contribution is 2.18. The molecule has 2 aromatic rings. The maximum Gasteiger partial charge on any atom is -0.00882 e. The van der Waals surface area contributed by atoms with Crippen LogP contribution < -0.4 is 0 Å². The van der Waals surface area contributed by atoms with Gasteiger partial charge in [-0.15, -0.1) is 6.58 Å². The van der Waals surface area contributed by atoms with Gasteiger partial charge in [0.15, 0.2) is 0 Å². The third-order valence-corrected chi connectivity index (χ3v) is 3.38. The van der Waals surface area contributed by atoms with Crippen LogP contribution in [0.4, 0.5) is 0 Å². The summed E-state index contributed by atoms with van der Waals surface area (Å²) >= 11 is 0. The van der Waals surface area contributed by atoms with E-state index >= 15 is 0 Å². The molecule has 0 saturated heterocycles. The van der Waals surface area contributed by atoms with E-state index in [1.165, 1.54) is 27.8 Å². The monoisotopic (exact) mass is 288 g/mol. The molecule has 0 atom stereocenters. The number of benzene rings is 2. The molecule has 4 rings (SSSR count). The molecule has 0 bridgehead atoms. The fourth-order valence-electron chi connectivity index (χ4n) is 2.39. The molecule has 0 aliphatic heterocycles. The van der Waals surface area contributed by atoms with Crippen LogP contribution >= 0.6 is 0 Å². The lowest BCUT2D eigenvalue weighted by Gasteiger charge is -1.93. The second kappa shape index (κ2) is 8.19. The van der Waals surface area contributed by atoms with Crippen LogP contribution in [0.1, 0.15) is 36.1 Å². The molecule has 0 unspecified atom stereocenters. The molecule has 0 fully saturated rings. The Morgan fingerprint density at radius 2 is 1.09 bits per heavy atom. The SMILES string of the molecule is C1=Cc2ccccc2C1.C1=Cc2ccccc2C1.C=C(C)C. The van der Waals surface area contributed by atoms with E-state index in [0.717, 1.165) is 12.8 Å². The normalized spacial score (nSPS) is 12.5. The van der Waals surface area contributed by atoms with E-state index < -0.39 is 0 Å². The van der Waals surface area contributed by atoms with Gasteiger partial charge >= 0.3 is 0 Å². The van der Waals surface area contributed by atoms with Gasteiger partial charge in [-0.1, -0.05) is 78.4 Å². The van der Waals surface area contributed by atoms with Gasteiger partial charge in [0.25, 0.3) is 0 Å². The van der Waals surface area contributed by atoms with Crippen LogP contribution in [0.25, 0.3) is 12.2 Å². The Balaban J connectivity index is 0.000000131. The highest BCUT2D eigenvalue weighted by molar-refractivity contribution is 5.60. The summed E-state index contributed by atoms with van der Waals surface area (Å²) in [6.45, 7) is 7.50. The van der Waals surface area contributed by atoms with Gasteiger partial charge in [0.2, 0.25) is 0 Å².